The van der Waals surface area contributed by atoms with Gasteiger partial charge in [-0.15, -0.1) is 0 Å². The molecule has 1 aliphatic rings. The summed E-state index contributed by atoms with van der Waals surface area (Å²) in [6.45, 7) is 1.39. The maximum Gasteiger partial charge on any atom is 0.242 e. The standard InChI is InChI=1S/C13H18N2O3/c1-18-11-4-2-10(3-5-11)15-8-7-14-13(17)12(15)6-9-16/h2-5,12,16H,6-9H2,1H3,(H,14,17). The van der Waals surface area contributed by atoms with Crippen molar-refractivity contribution < 1.29 is 14.6 Å². The van der Waals surface area contributed by atoms with E-state index in [4.69, 9.17) is 9.84 Å². The molecule has 98 valence electrons. The first-order valence-corrected chi connectivity index (χ1v) is 6.05. The van der Waals surface area contributed by atoms with Crippen LogP contribution in [0.2, 0.25) is 0 Å². The molecule has 1 aromatic rings. The molecule has 18 heavy (non-hydrogen) atoms. The van der Waals surface area contributed by atoms with Crippen LogP contribution in [-0.2, 0) is 4.79 Å². The molecule has 2 N–H and O–H groups in total. The number of piperazine rings is 1. The Morgan fingerprint density at radius 1 is 1.44 bits per heavy atom. The van der Waals surface area contributed by atoms with Crippen molar-refractivity contribution in [3.8, 4) is 5.75 Å². The second-order valence-corrected chi connectivity index (χ2v) is 4.21. The van der Waals surface area contributed by atoms with E-state index in [1.54, 1.807) is 7.11 Å². The predicted molar refractivity (Wildman–Crippen MR) is 68.8 cm³/mol. The molecular weight excluding hydrogens is 232 g/mol. The molecule has 0 aromatic heterocycles. The van der Waals surface area contributed by atoms with Crippen LogP contribution in [0, 0.1) is 0 Å². The fourth-order valence-electron chi connectivity index (χ4n) is 2.21. The maximum absolute atomic E-state index is 11.8. The highest BCUT2D eigenvalue weighted by Gasteiger charge is 2.29. The lowest BCUT2D eigenvalue weighted by molar-refractivity contribution is -0.123. The van der Waals surface area contributed by atoms with E-state index in [-0.39, 0.29) is 18.6 Å². The van der Waals surface area contributed by atoms with Crippen LogP contribution in [-0.4, -0.2) is 43.9 Å². The normalized spacial score (nSPS) is 19.6. The zero-order valence-electron chi connectivity index (χ0n) is 10.4. The molecule has 1 aromatic carbocycles. The molecule has 0 radical (unpaired) electrons. The maximum atomic E-state index is 11.8. The number of anilines is 1. The first-order chi connectivity index (χ1) is 8.76. The number of carbonyl (C=O) groups is 1. The van der Waals surface area contributed by atoms with Crippen molar-refractivity contribution in [3.05, 3.63) is 24.3 Å². The topological polar surface area (TPSA) is 61.8 Å². The summed E-state index contributed by atoms with van der Waals surface area (Å²) < 4.78 is 5.11. The van der Waals surface area contributed by atoms with Crippen molar-refractivity contribution in [3.63, 3.8) is 0 Å². The van der Waals surface area contributed by atoms with Crippen molar-refractivity contribution in [2.45, 2.75) is 12.5 Å². The Bertz CT molecular complexity index is 405. The highest BCUT2D eigenvalue weighted by atomic mass is 16.5. The van der Waals surface area contributed by atoms with Gasteiger partial charge < -0.3 is 20.1 Å². The molecule has 0 saturated carbocycles. The van der Waals surface area contributed by atoms with E-state index in [0.29, 0.717) is 13.0 Å². The summed E-state index contributed by atoms with van der Waals surface area (Å²) >= 11 is 0. The molecule has 2 rings (SSSR count). The van der Waals surface area contributed by atoms with E-state index in [1.165, 1.54) is 0 Å². The summed E-state index contributed by atoms with van der Waals surface area (Å²) in [5.74, 6) is 0.769. The Kier molecular flexibility index (Phi) is 4.04. The SMILES string of the molecule is COc1ccc(N2CCNC(=O)C2CCO)cc1. The number of carbonyl (C=O) groups excluding carboxylic acids is 1. The van der Waals surface area contributed by atoms with Gasteiger partial charge in [0.1, 0.15) is 11.8 Å². The van der Waals surface area contributed by atoms with E-state index in [9.17, 15) is 4.79 Å². The van der Waals surface area contributed by atoms with Crippen LogP contribution in [0.3, 0.4) is 0 Å². The number of aliphatic hydroxyl groups is 1. The fourth-order valence-corrected chi connectivity index (χ4v) is 2.21. The molecule has 1 saturated heterocycles. The quantitative estimate of drug-likeness (QED) is 0.811. The van der Waals surface area contributed by atoms with E-state index >= 15 is 0 Å². The average Bonchev–Trinajstić information content (AvgIpc) is 2.41. The van der Waals surface area contributed by atoms with Crippen molar-refractivity contribution in [1.82, 2.24) is 5.32 Å². The lowest BCUT2D eigenvalue weighted by Crippen LogP contribution is -2.55. The Morgan fingerprint density at radius 3 is 2.78 bits per heavy atom. The van der Waals surface area contributed by atoms with E-state index in [0.717, 1.165) is 18.0 Å². The first-order valence-electron chi connectivity index (χ1n) is 6.05. The lowest BCUT2D eigenvalue weighted by Gasteiger charge is -2.36. The van der Waals surface area contributed by atoms with E-state index in [1.807, 2.05) is 29.2 Å². The third kappa shape index (κ3) is 2.56. The summed E-state index contributed by atoms with van der Waals surface area (Å²) in [5, 5.41) is 11.9. The van der Waals surface area contributed by atoms with Gasteiger partial charge in [-0.3, -0.25) is 4.79 Å². The van der Waals surface area contributed by atoms with Gasteiger partial charge in [0.15, 0.2) is 0 Å². The molecule has 5 nitrogen and oxygen atoms in total. The minimum absolute atomic E-state index is 0.00470. The third-order valence-electron chi connectivity index (χ3n) is 3.14. The van der Waals surface area contributed by atoms with Crippen LogP contribution in [0.5, 0.6) is 5.75 Å². The van der Waals surface area contributed by atoms with Gasteiger partial charge in [-0.25, -0.2) is 0 Å². The van der Waals surface area contributed by atoms with Crippen molar-refractivity contribution in [2.24, 2.45) is 0 Å². The van der Waals surface area contributed by atoms with Crippen LogP contribution >= 0.6 is 0 Å². The predicted octanol–water partition coefficient (Wildman–Crippen LogP) is 0.382. The molecule has 1 unspecified atom stereocenters. The number of ether oxygens (including phenoxy) is 1. The zero-order chi connectivity index (χ0) is 13.0. The molecule has 5 heteroatoms. The Balaban J connectivity index is 2.19. The Labute approximate surface area is 106 Å². The highest BCUT2D eigenvalue weighted by molar-refractivity contribution is 5.86. The molecule has 1 fully saturated rings. The van der Waals surface area contributed by atoms with E-state index < -0.39 is 0 Å². The lowest BCUT2D eigenvalue weighted by atomic mass is 10.1. The molecule has 0 bridgehead atoms. The minimum atomic E-state index is -0.294. The van der Waals surface area contributed by atoms with Crippen molar-refractivity contribution in [2.75, 3.05) is 31.7 Å². The van der Waals surface area contributed by atoms with Crippen LogP contribution in [0.25, 0.3) is 0 Å². The molecular formula is C13H18N2O3. The van der Waals surface area contributed by atoms with Crippen molar-refractivity contribution in [1.29, 1.82) is 0 Å². The summed E-state index contributed by atoms with van der Waals surface area (Å²) in [5.41, 5.74) is 0.976. The van der Waals surface area contributed by atoms with Gasteiger partial charge in [-0.1, -0.05) is 0 Å². The average molecular weight is 250 g/mol. The molecule has 1 aliphatic heterocycles. The Hall–Kier alpha value is -1.75. The summed E-state index contributed by atoms with van der Waals surface area (Å²) in [6, 6.07) is 7.32. The van der Waals surface area contributed by atoms with Gasteiger partial charge >= 0.3 is 0 Å². The van der Waals surface area contributed by atoms with Crippen LogP contribution < -0.4 is 15.0 Å². The molecule has 1 atom stereocenters. The smallest absolute Gasteiger partial charge is 0.242 e. The zero-order valence-corrected chi connectivity index (χ0v) is 10.4. The molecule has 1 amide bonds. The van der Waals surface area contributed by atoms with Gasteiger partial charge in [0.05, 0.1) is 7.11 Å². The number of aliphatic hydroxyl groups excluding tert-OH is 1. The van der Waals surface area contributed by atoms with Gasteiger partial charge in [0, 0.05) is 25.4 Å². The third-order valence-corrected chi connectivity index (χ3v) is 3.14. The first kappa shape index (κ1) is 12.7. The number of rotatable bonds is 4. The number of methoxy groups -OCH3 is 1. The molecule has 1 heterocycles. The number of benzene rings is 1. The number of nitrogens with one attached hydrogen (secondary N) is 1. The van der Waals surface area contributed by atoms with Crippen LogP contribution in [0.15, 0.2) is 24.3 Å². The van der Waals surface area contributed by atoms with Crippen LogP contribution in [0.1, 0.15) is 6.42 Å². The van der Waals surface area contributed by atoms with Crippen LogP contribution in [0.4, 0.5) is 5.69 Å². The summed E-state index contributed by atoms with van der Waals surface area (Å²) in [4.78, 5) is 13.8. The van der Waals surface area contributed by atoms with E-state index in [2.05, 4.69) is 5.32 Å². The molecule has 0 aliphatic carbocycles. The van der Waals surface area contributed by atoms with Crippen molar-refractivity contribution >= 4 is 11.6 Å². The molecule has 0 spiro atoms. The summed E-state index contributed by atoms with van der Waals surface area (Å²) in [7, 11) is 1.62. The summed E-state index contributed by atoms with van der Waals surface area (Å²) in [6.07, 6.45) is 0.442. The van der Waals surface area contributed by atoms with Gasteiger partial charge in [0.25, 0.3) is 0 Å². The van der Waals surface area contributed by atoms with Gasteiger partial charge in [0.2, 0.25) is 5.91 Å². The largest absolute Gasteiger partial charge is 0.497 e. The van der Waals surface area contributed by atoms with Gasteiger partial charge in [-0.2, -0.15) is 0 Å². The second-order valence-electron chi connectivity index (χ2n) is 4.21. The number of hydrogen-bond acceptors (Lipinski definition) is 4. The highest BCUT2D eigenvalue weighted by Crippen LogP contribution is 2.23. The number of hydrogen-bond donors (Lipinski definition) is 2. The minimum Gasteiger partial charge on any atom is -0.497 e. The van der Waals surface area contributed by atoms with Gasteiger partial charge in [-0.05, 0) is 30.7 Å². The number of nitrogens with zero attached hydrogens (tertiary/aromatic N) is 1. The Morgan fingerprint density at radius 2 is 2.17 bits per heavy atom. The number of amides is 1. The fraction of sp³-hybridized carbons (Fsp3) is 0.462. The monoisotopic (exact) mass is 250 g/mol. The second kappa shape index (κ2) is 5.73.